The molecule has 5 atom stereocenters. The Hall–Kier alpha value is -3.48. The Bertz CT molecular complexity index is 1270. The number of allylic oxidation sites excluding steroid dienone is 4. The Kier molecular flexibility index (Phi) is 5.95. The summed E-state index contributed by atoms with van der Waals surface area (Å²) in [5, 5.41) is 62.4. The first-order chi connectivity index (χ1) is 16.7. The number of hydrogen-bond acceptors (Lipinski definition) is 6. The van der Waals surface area contributed by atoms with Crippen molar-refractivity contribution >= 4 is 0 Å². The van der Waals surface area contributed by atoms with Gasteiger partial charge in [0, 0.05) is 29.9 Å². The summed E-state index contributed by atoms with van der Waals surface area (Å²) < 4.78 is 0. The molecule has 0 fully saturated rings. The van der Waals surface area contributed by atoms with Crippen LogP contribution in [0.5, 0.6) is 17.2 Å². The van der Waals surface area contributed by atoms with E-state index in [-0.39, 0.29) is 47.2 Å². The fourth-order valence-corrected chi connectivity index (χ4v) is 5.94. The van der Waals surface area contributed by atoms with Crippen LogP contribution in [0.3, 0.4) is 0 Å². The van der Waals surface area contributed by atoms with Crippen molar-refractivity contribution in [1.82, 2.24) is 0 Å². The van der Waals surface area contributed by atoms with Crippen molar-refractivity contribution in [2.24, 2.45) is 11.8 Å². The van der Waals surface area contributed by atoms with Gasteiger partial charge in [-0.2, -0.15) is 0 Å². The summed E-state index contributed by atoms with van der Waals surface area (Å²) in [6.45, 7) is 2.02. The summed E-state index contributed by atoms with van der Waals surface area (Å²) in [4.78, 5) is 0. The van der Waals surface area contributed by atoms with E-state index >= 15 is 0 Å². The van der Waals surface area contributed by atoms with Crippen LogP contribution in [-0.4, -0.2) is 42.8 Å². The van der Waals surface area contributed by atoms with Gasteiger partial charge in [0.1, 0.15) is 17.2 Å². The number of rotatable bonds is 4. The Morgan fingerprint density at radius 3 is 2.34 bits per heavy atom. The lowest BCUT2D eigenvalue weighted by atomic mass is 9.72. The van der Waals surface area contributed by atoms with Crippen molar-refractivity contribution in [2.45, 2.75) is 44.3 Å². The first-order valence-electron chi connectivity index (χ1n) is 11.9. The SMILES string of the molecule is C[C@H](C1=CCC(O)C=C1)C1=C([C@@H]2Cc3cc(O)cc(O)c3[C@H]2c2ccc(O)cc2)C=C(O)CC1O. The van der Waals surface area contributed by atoms with Crippen LogP contribution in [0.2, 0.25) is 0 Å². The van der Waals surface area contributed by atoms with Crippen LogP contribution in [-0.2, 0) is 6.42 Å². The highest BCUT2D eigenvalue weighted by Gasteiger charge is 2.41. The zero-order valence-electron chi connectivity index (χ0n) is 19.5. The van der Waals surface area contributed by atoms with Crippen LogP contribution in [0.1, 0.15) is 42.4 Å². The highest BCUT2D eigenvalue weighted by Crippen LogP contribution is 2.53. The molecule has 6 N–H and O–H groups in total. The van der Waals surface area contributed by atoms with Crippen LogP contribution in [0.4, 0.5) is 0 Å². The first-order valence-corrected chi connectivity index (χ1v) is 11.9. The third-order valence-electron chi connectivity index (χ3n) is 7.52. The van der Waals surface area contributed by atoms with E-state index in [1.807, 2.05) is 31.2 Å². The lowest BCUT2D eigenvalue weighted by Gasteiger charge is -2.33. The van der Waals surface area contributed by atoms with E-state index in [1.54, 1.807) is 30.4 Å². The Morgan fingerprint density at radius 2 is 1.66 bits per heavy atom. The normalized spacial score (nSPS) is 26.8. The number of aromatic hydroxyl groups is 3. The summed E-state index contributed by atoms with van der Waals surface area (Å²) >= 11 is 0. The molecule has 0 spiro atoms. The fourth-order valence-electron chi connectivity index (χ4n) is 5.94. The van der Waals surface area contributed by atoms with Gasteiger partial charge >= 0.3 is 0 Å². The van der Waals surface area contributed by atoms with Gasteiger partial charge in [-0.1, -0.05) is 37.3 Å². The van der Waals surface area contributed by atoms with Crippen LogP contribution >= 0.6 is 0 Å². The molecule has 0 saturated carbocycles. The molecule has 2 aromatic carbocycles. The first kappa shape index (κ1) is 23.3. The zero-order valence-corrected chi connectivity index (χ0v) is 19.5. The molecule has 0 amide bonds. The minimum absolute atomic E-state index is 0.00718. The second-order valence-corrected chi connectivity index (χ2v) is 9.77. The Morgan fingerprint density at radius 1 is 0.914 bits per heavy atom. The van der Waals surface area contributed by atoms with E-state index in [0.29, 0.717) is 18.4 Å². The van der Waals surface area contributed by atoms with Gasteiger partial charge in [0.15, 0.2) is 0 Å². The van der Waals surface area contributed by atoms with E-state index in [9.17, 15) is 30.6 Å². The number of phenolic OH excluding ortho intramolecular Hbond substituents is 3. The average molecular weight is 475 g/mol. The van der Waals surface area contributed by atoms with Gasteiger partial charge in [0.2, 0.25) is 0 Å². The Balaban J connectivity index is 1.68. The smallest absolute Gasteiger partial charge is 0.123 e. The standard InChI is InChI=1S/C29H30O6/c1-15(16-2-6-19(30)7-3-16)27-24(12-22(33)14-25(27)34)23-11-18-10-21(32)13-26(35)29(18)28(23)17-4-8-20(31)9-5-17/h2-6,8-10,12-13,15,19,23,25,28,30-35H,7,11,14H2,1H3/t15-,19?,23+,25?,28+/m1/s1. The predicted octanol–water partition coefficient (Wildman–Crippen LogP) is 4.49. The van der Waals surface area contributed by atoms with Crippen molar-refractivity contribution in [3.05, 3.63) is 99.9 Å². The van der Waals surface area contributed by atoms with Gasteiger partial charge in [0.25, 0.3) is 0 Å². The minimum Gasteiger partial charge on any atom is -0.512 e. The summed E-state index contributed by atoms with van der Waals surface area (Å²) in [5.41, 5.74) is 4.99. The molecule has 35 heavy (non-hydrogen) atoms. The molecule has 182 valence electrons. The molecule has 5 rings (SSSR count). The van der Waals surface area contributed by atoms with E-state index < -0.39 is 12.2 Å². The van der Waals surface area contributed by atoms with Gasteiger partial charge in [0.05, 0.1) is 18.0 Å². The third-order valence-corrected chi connectivity index (χ3v) is 7.52. The van der Waals surface area contributed by atoms with Crippen molar-refractivity contribution in [2.75, 3.05) is 0 Å². The summed E-state index contributed by atoms with van der Waals surface area (Å²) in [6, 6.07) is 9.82. The maximum absolute atomic E-state index is 11.2. The molecule has 3 aliphatic rings. The largest absolute Gasteiger partial charge is 0.512 e. The average Bonchev–Trinajstić information content (AvgIpc) is 3.19. The lowest BCUT2D eigenvalue weighted by molar-refractivity contribution is 0.176. The summed E-state index contributed by atoms with van der Waals surface area (Å²) in [6.07, 6.45) is 7.09. The number of benzene rings is 2. The molecule has 0 saturated heterocycles. The van der Waals surface area contributed by atoms with E-state index in [4.69, 9.17) is 0 Å². The van der Waals surface area contributed by atoms with Gasteiger partial charge < -0.3 is 30.6 Å². The monoisotopic (exact) mass is 474 g/mol. The molecular formula is C29H30O6. The molecule has 6 heteroatoms. The summed E-state index contributed by atoms with van der Waals surface area (Å²) in [5.74, 6) is -0.486. The number of hydrogen-bond donors (Lipinski definition) is 6. The minimum atomic E-state index is -0.877. The maximum Gasteiger partial charge on any atom is 0.123 e. The molecule has 0 heterocycles. The molecule has 0 aromatic heterocycles. The lowest BCUT2D eigenvalue weighted by Crippen LogP contribution is -2.27. The predicted molar refractivity (Wildman–Crippen MR) is 132 cm³/mol. The van der Waals surface area contributed by atoms with Gasteiger partial charge in [-0.3, -0.25) is 0 Å². The number of phenols is 3. The second kappa shape index (κ2) is 8.95. The molecule has 2 unspecified atom stereocenters. The maximum atomic E-state index is 11.2. The van der Waals surface area contributed by atoms with Gasteiger partial charge in [-0.25, -0.2) is 0 Å². The molecule has 0 aliphatic heterocycles. The Labute approximate surface area is 204 Å². The molecule has 3 aliphatic carbocycles. The van der Waals surface area contributed by atoms with Crippen molar-refractivity contribution in [3.63, 3.8) is 0 Å². The van der Waals surface area contributed by atoms with Crippen molar-refractivity contribution < 1.29 is 30.6 Å². The third kappa shape index (κ3) is 4.24. The molecule has 0 bridgehead atoms. The van der Waals surface area contributed by atoms with E-state index in [2.05, 4.69) is 0 Å². The number of aliphatic hydroxyl groups is 3. The fraction of sp³-hybridized carbons (Fsp3) is 0.310. The second-order valence-electron chi connectivity index (χ2n) is 9.77. The van der Waals surface area contributed by atoms with Gasteiger partial charge in [-0.15, -0.1) is 0 Å². The van der Waals surface area contributed by atoms with Crippen LogP contribution in [0, 0.1) is 11.8 Å². The van der Waals surface area contributed by atoms with Crippen LogP contribution in [0.25, 0.3) is 0 Å². The highest BCUT2D eigenvalue weighted by atomic mass is 16.3. The molecule has 0 radical (unpaired) electrons. The number of fused-ring (bicyclic) bond motifs is 1. The van der Waals surface area contributed by atoms with Crippen LogP contribution in [0.15, 0.2) is 83.2 Å². The van der Waals surface area contributed by atoms with Crippen molar-refractivity contribution in [3.8, 4) is 17.2 Å². The molecule has 6 nitrogen and oxygen atoms in total. The zero-order chi connectivity index (χ0) is 24.9. The molecule has 2 aromatic rings. The van der Waals surface area contributed by atoms with Gasteiger partial charge in [-0.05, 0) is 70.9 Å². The van der Waals surface area contributed by atoms with E-state index in [0.717, 1.165) is 27.8 Å². The topological polar surface area (TPSA) is 121 Å². The quantitative estimate of drug-likeness (QED) is 0.388. The summed E-state index contributed by atoms with van der Waals surface area (Å²) in [7, 11) is 0. The molecular weight excluding hydrogens is 444 g/mol. The van der Waals surface area contributed by atoms with Crippen LogP contribution < -0.4 is 0 Å². The number of aliphatic hydroxyl groups excluding tert-OH is 3. The van der Waals surface area contributed by atoms with Crippen molar-refractivity contribution in [1.29, 1.82) is 0 Å². The highest BCUT2D eigenvalue weighted by molar-refractivity contribution is 5.58. The van der Waals surface area contributed by atoms with E-state index in [1.165, 1.54) is 6.07 Å².